The molecule has 1 atom stereocenters. The lowest BCUT2D eigenvalue weighted by atomic mass is 9.93. The van der Waals surface area contributed by atoms with Crippen molar-refractivity contribution in [1.29, 1.82) is 0 Å². The Balaban J connectivity index is 1.38. The van der Waals surface area contributed by atoms with Crippen molar-refractivity contribution < 1.29 is 23.8 Å². The molecule has 244 valence electrons. The van der Waals surface area contributed by atoms with Crippen LogP contribution in [0.5, 0.6) is 0 Å². The number of anilines is 1. The van der Waals surface area contributed by atoms with Crippen molar-refractivity contribution in [2.45, 2.75) is 58.5 Å². The van der Waals surface area contributed by atoms with E-state index in [1.54, 1.807) is 7.11 Å². The second kappa shape index (κ2) is 14.3. The van der Waals surface area contributed by atoms with Crippen LogP contribution < -0.4 is 15.5 Å². The van der Waals surface area contributed by atoms with Crippen molar-refractivity contribution in [1.82, 2.24) is 15.5 Å². The zero-order chi connectivity index (χ0) is 32.2. The Morgan fingerprint density at radius 1 is 1.07 bits per heavy atom. The van der Waals surface area contributed by atoms with Crippen molar-refractivity contribution in [3.05, 3.63) is 81.4 Å². The first-order valence-electron chi connectivity index (χ1n) is 16.6. The number of hydrogen-bond donors (Lipinski definition) is 2. The second-order valence-electron chi connectivity index (χ2n) is 12.6. The Labute approximate surface area is 272 Å². The third-order valence-corrected chi connectivity index (χ3v) is 9.94. The molecule has 2 fully saturated rings. The van der Waals surface area contributed by atoms with E-state index < -0.39 is 0 Å². The molecule has 2 aromatic rings. The summed E-state index contributed by atoms with van der Waals surface area (Å²) < 4.78 is 16.9. The van der Waals surface area contributed by atoms with Gasteiger partial charge in [-0.05, 0) is 98.5 Å². The average molecular weight is 627 g/mol. The quantitative estimate of drug-likeness (QED) is 0.383. The monoisotopic (exact) mass is 626 g/mol. The predicted molar refractivity (Wildman–Crippen MR) is 179 cm³/mol. The Bertz CT molecular complexity index is 1580. The first-order valence-corrected chi connectivity index (χ1v) is 16.6. The normalized spacial score (nSPS) is 20.5. The van der Waals surface area contributed by atoms with Gasteiger partial charge in [0.25, 0.3) is 5.91 Å². The molecule has 2 N–H and O–H groups in total. The molecule has 4 aliphatic rings. The zero-order valence-corrected chi connectivity index (χ0v) is 27.5. The molecule has 1 amide bonds. The van der Waals surface area contributed by atoms with E-state index in [1.165, 1.54) is 11.1 Å². The van der Waals surface area contributed by atoms with Crippen LogP contribution in [0.4, 0.5) is 5.69 Å². The fourth-order valence-corrected chi connectivity index (χ4v) is 7.47. The van der Waals surface area contributed by atoms with Crippen LogP contribution in [0.3, 0.4) is 0 Å². The van der Waals surface area contributed by atoms with E-state index in [2.05, 4.69) is 51.6 Å². The maximum Gasteiger partial charge on any atom is 0.251 e. The summed E-state index contributed by atoms with van der Waals surface area (Å²) in [5.41, 5.74) is 9.19. The van der Waals surface area contributed by atoms with E-state index in [0.29, 0.717) is 29.0 Å². The minimum absolute atomic E-state index is 0.125. The van der Waals surface area contributed by atoms with Crippen molar-refractivity contribution in [2.24, 2.45) is 0 Å². The average Bonchev–Trinajstić information content (AvgIpc) is 3.52. The maximum atomic E-state index is 14.1. The lowest BCUT2D eigenvalue weighted by Crippen LogP contribution is -2.40. The highest BCUT2D eigenvalue weighted by Gasteiger charge is 2.30. The van der Waals surface area contributed by atoms with Crippen LogP contribution in [0.25, 0.3) is 11.1 Å². The van der Waals surface area contributed by atoms with Gasteiger partial charge in [0.1, 0.15) is 11.5 Å². The number of hydrogen-bond acceptors (Lipinski definition) is 8. The second-order valence-corrected chi connectivity index (χ2v) is 12.6. The van der Waals surface area contributed by atoms with Gasteiger partial charge >= 0.3 is 0 Å². The van der Waals surface area contributed by atoms with Gasteiger partial charge in [-0.2, -0.15) is 0 Å². The number of aryl methyl sites for hydroxylation is 1. The van der Waals surface area contributed by atoms with Crippen LogP contribution in [-0.4, -0.2) is 82.5 Å². The van der Waals surface area contributed by atoms with Crippen molar-refractivity contribution in [2.75, 3.05) is 64.6 Å². The molecule has 0 radical (unpaired) electrons. The molecule has 2 saturated heterocycles. The van der Waals surface area contributed by atoms with E-state index in [1.807, 2.05) is 31.9 Å². The van der Waals surface area contributed by atoms with Gasteiger partial charge in [-0.15, -0.1) is 0 Å². The van der Waals surface area contributed by atoms with Crippen LogP contribution in [0, 0.1) is 6.92 Å². The number of methoxy groups -OCH3 is 1. The number of fused-ring (bicyclic) bond motifs is 1. The van der Waals surface area contributed by atoms with Gasteiger partial charge < -0.3 is 29.7 Å². The highest BCUT2D eigenvalue weighted by molar-refractivity contribution is 5.99. The van der Waals surface area contributed by atoms with Gasteiger partial charge in [0.15, 0.2) is 5.94 Å². The molecule has 3 heterocycles. The van der Waals surface area contributed by atoms with E-state index in [-0.39, 0.29) is 18.1 Å². The third-order valence-electron chi connectivity index (χ3n) is 9.94. The lowest BCUT2D eigenvalue weighted by molar-refractivity contribution is 0.0164. The van der Waals surface area contributed by atoms with Crippen LogP contribution in [0.1, 0.15) is 66.2 Å². The first-order chi connectivity index (χ1) is 22.4. The van der Waals surface area contributed by atoms with E-state index in [4.69, 9.17) is 14.2 Å². The highest BCUT2D eigenvalue weighted by atomic mass is 16.5. The third kappa shape index (κ3) is 6.51. The fraction of sp³-hybridized carbons (Fsp3) is 0.486. The molecule has 3 aliphatic heterocycles. The highest BCUT2D eigenvalue weighted by Crippen LogP contribution is 2.40. The molecule has 46 heavy (non-hydrogen) atoms. The number of nitrogens with zero attached hydrogens (tertiary/aromatic N) is 2. The number of rotatable bonds is 9. The van der Waals surface area contributed by atoms with Gasteiger partial charge in [0.05, 0.1) is 20.3 Å². The number of dihydropyridines is 1. The molecule has 1 unspecified atom stereocenters. The SMILES string of the molecule is CCN(c1cc(-c2ccc3c(c2)C(N2CCOCC2)CC3)cc(C(=O)NCC2=C(OC)C=C(C)NC2=C=O)c1C)C1CCOCC1. The van der Waals surface area contributed by atoms with Gasteiger partial charge in [-0.25, -0.2) is 4.79 Å². The van der Waals surface area contributed by atoms with Crippen molar-refractivity contribution in [3.8, 4) is 11.1 Å². The molecular weight excluding hydrogens is 580 g/mol. The number of nitrogens with one attached hydrogen (secondary N) is 2. The fourth-order valence-electron chi connectivity index (χ4n) is 7.47. The van der Waals surface area contributed by atoms with E-state index in [0.717, 1.165) is 99.8 Å². The van der Waals surface area contributed by atoms with Gasteiger partial charge in [0.2, 0.25) is 0 Å². The summed E-state index contributed by atoms with van der Waals surface area (Å²) in [7, 11) is 1.56. The molecule has 9 heteroatoms. The molecule has 6 rings (SSSR count). The Kier molecular flexibility index (Phi) is 9.95. The summed E-state index contributed by atoms with van der Waals surface area (Å²) in [6, 6.07) is 11.9. The first kappa shape index (κ1) is 32.1. The predicted octanol–water partition coefficient (Wildman–Crippen LogP) is 4.84. The molecular formula is C37H46N4O5. The number of carbonyl (C=O) groups is 1. The molecule has 2 aromatic carbocycles. The van der Waals surface area contributed by atoms with Gasteiger partial charge in [-0.3, -0.25) is 9.69 Å². The summed E-state index contributed by atoms with van der Waals surface area (Å²) in [4.78, 5) is 30.8. The van der Waals surface area contributed by atoms with E-state index >= 15 is 0 Å². The van der Waals surface area contributed by atoms with Crippen LogP contribution in [0.15, 0.2) is 59.1 Å². The smallest absolute Gasteiger partial charge is 0.251 e. The minimum atomic E-state index is -0.199. The molecule has 0 saturated carbocycles. The Morgan fingerprint density at radius 3 is 2.54 bits per heavy atom. The summed E-state index contributed by atoms with van der Waals surface area (Å²) in [6.07, 6.45) is 5.93. The molecule has 0 spiro atoms. The topological polar surface area (TPSA) is 92.4 Å². The molecule has 0 bridgehead atoms. The summed E-state index contributed by atoms with van der Waals surface area (Å²) in [6.45, 7) is 12.0. The number of benzene rings is 2. The van der Waals surface area contributed by atoms with Crippen LogP contribution in [0.2, 0.25) is 0 Å². The van der Waals surface area contributed by atoms with Gasteiger partial charge in [-0.1, -0.05) is 12.1 Å². The van der Waals surface area contributed by atoms with Crippen LogP contribution in [-0.2, 0) is 25.4 Å². The number of allylic oxidation sites excluding steroid dienone is 2. The molecule has 0 aromatic heterocycles. The number of ether oxygens (including phenoxy) is 3. The number of carbonyl (C=O) groups excluding carboxylic acids is 2. The Hall–Kier alpha value is -3.88. The number of morpholine rings is 1. The van der Waals surface area contributed by atoms with Crippen molar-refractivity contribution in [3.63, 3.8) is 0 Å². The van der Waals surface area contributed by atoms with Gasteiger partial charge in [0, 0.05) is 74.0 Å². The summed E-state index contributed by atoms with van der Waals surface area (Å²) in [5, 5.41) is 6.12. The van der Waals surface area contributed by atoms with Crippen LogP contribution >= 0.6 is 0 Å². The zero-order valence-electron chi connectivity index (χ0n) is 27.5. The maximum absolute atomic E-state index is 14.1. The molecule has 1 aliphatic carbocycles. The largest absolute Gasteiger partial charge is 0.496 e. The lowest BCUT2D eigenvalue weighted by Gasteiger charge is -2.37. The number of amides is 1. The Morgan fingerprint density at radius 2 is 1.83 bits per heavy atom. The summed E-state index contributed by atoms with van der Waals surface area (Å²) in [5.74, 6) is 2.30. The minimum Gasteiger partial charge on any atom is -0.496 e. The van der Waals surface area contributed by atoms with Crippen molar-refractivity contribution >= 4 is 17.5 Å². The van der Waals surface area contributed by atoms with E-state index in [9.17, 15) is 9.59 Å². The standard InChI is InChI=1S/C37H46N4O5/c1-5-41(29-10-14-45-15-11-29)35-21-28(27-7-6-26-8-9-34(31(26)19-27)40-12-16-46-17-13-40)20-30(25(35)3)37(43)38-22-32-33(23-42)39-24(2)18-36(32)44-4/h6-7,18-21,29,34,39H,5,8-17,22H2,1-4H3,(H,38,43). The molecule has 9 nitrogen and oxygen atoms in total. The summed E-state index contributed by atoms with van der Waals surface area (Å²) >= 11 is 0.